The molecule has 7 nitrogen and oxygen atoms in total. The Hall–Kier alpha value is -2.62. The molecule has 0 aliphatic rings. The van der Waals surface area contributed by atoms with E-state index in [1.807, 2.05) is 0 Å². The number of carbonyl (C=O) groups excluding carboxylic acids is 1. The standard InChI is InChI=1S/C14H12BF2N3O4/c1-2-22-7-20(14-15-5-19-24-14)13(21)12(17)8-3-10-11(4-9(8)16)23-6-18-10/h3-6,12H,2,7H2,1H3. The number of hydrogen-bond donors (Lipinski definition) is 0. The Morgan fingerprint density at radius 1 is 1.50 bits per heavy atom. The molecule has 1 amide bonds. The van der Waals surface area contributed by atoms with Crippen LogP contribution in [0.15, 0.2) is 33.6 Å². The Morgan fingerprint density at radius 3 is 3.04 bits per heavy atom. The molecule has 0 aliphatic carbocycles. The predicted molar refractivity (Wildman–Crippen MR) is 79.6 cm³/mol. The molecule has 3 aromatic rings. The van der Waals surface area contributed by atoms with Gasteiger partial charge >= 0.3 is 134 Å². The van der Waals surface area contributed by atoms with E-state index >= 15 is 0 Å². The van der Waals surface area contributed by atoms with E-state index < -0.39 is 23.5 Å². The van der Waals surface area contributed by atoms with Crippen molar-refractivity contribution < 1.29 is 27.3 Å². The molecule has 0 aliphatic heterocycles. The Morgan fingerprint density at radius 2 is 2.33 bits per heavy atom. The van der Waals surface area contributed by atoms with Gasteiger partial charge in [0.1, 0.15) is 0 Å². The third-order valence-corrected chi connectivity index (χ3v) is 3.32. The molecule has 0 radical (unpaired) electrons. The van der Waals surface area contributed by atoms with Gasteiger partial charge in [0.05, 0.1) is 0 Å². The first kappa shape index (κ1) is 16.3. The maximum atomic E-state index is 14.7. The summed E-state index contributed by atoms with van der Waals surface area (Å²) >= 11 is 0. The number of hydrogen-bond acceptors (Lipinski definition) is 6. The van der Waals surface area contributed by atoms with Gasteiger partial charge < -0.3 is 0 Å². The molecule has 3 rings (SSSR count). The summed E-state index contributed by atoms with van der Waals surface area (Å²) in [7, 11) is 0. The van der Waals surface area contributed by atoms with E-state index in [1.54, 1.807) is 6.92 Å². The first-order valence-corrected chi connectivity index (χ1v) is 7.08. The Bertz CT molecular complexity index is 840. The summed E-state index contributed by atoms with van der Waals surface area (Å²) in [5, 5.41) is 3.47. The number of halogens is 2. The molecule has 1 unspecified atom stereocenters. The molecule has 24 heavy (non-hydrogen) atoms. The molecular formula is C14H12BF2N3O4. The normalized spacial score (nSPS) is 12.3. The molecule has 10 heteroatoms. The van der Waals surface area contributed by atoms with Crippen molar-refractivity contribution in [2.75, 3.05) is 18.2 Å². The molecule has 124 valence electrons. The molecule has 1 atom stereocenters. The van der Waals surface area contributed by atoms with Crippen molar-refractivity contribution in [3.63, 3.8) is 0 Å². The van der Waals surface area contributed by atoms with Gasteiger partial charge in [-0.1, -0.05) is 0 Å². The minimum absolute atomic E-state index is 0.000905. The van der Waals surface area contributed by atoms with Crippen LogP contribution in [-0.2, 0) is 9.53 Å². The van der Waals surface area contributed by atoms with Crippen LogP contribution in [0.25, 0.3) is 11.1 Å². The first-order valence-electron chi connectivity index (χ1n) is 7.08. The zero-order chi connectivity index (χ0) is 17.1. The second-order valence-electron chi connectivity index (χ2n) is 4.80. The van der Waals surface area contributed by atoms with E-state index in [0.29, 0.717) is 6.61 Å². The van der Waals surface area contributed by atoms with Gasteiger partial charge in [0.15, 0.2) is 0 Å². The van der Waals surface area contributed by atoms with Crippen LogP contribution < -0.4 is 4.90 Å². The number of carbonyl (C=O) groups is 1. The number of fused-ring (bicyclic) bond motifs is 1. The minimum atomic E-state index is -2.27. The van der Waals surface area contributed by atoms with Gasteiger partial charge in [0, 0.05) is 0 Å². The van der Waals surface area contributed by atoms with Crippen LogP contribution in [-0.4, -0.2) is 36.3 Å². The summed E-state index contributed by atoms with van der Waals surface area (Å²) < 4.78 is 43.7. The van der Waals surface area contributed by atoms with E-state index in [4.69, 9.17) is 13.7 Å². The van der Waals surface area contributed by atoms with Crippen LogP contribution in [0.4, 0.5) is 14.6 Å². The van der Waals surface area contributed by atoms with E-state index in [2.05, 4.69) is 10.1 Å². The van der Waals surface area contributed by atoms with Crippen molar-refractivity contribution in [2.45, 2.75) is 13.1 Å². The van der Waals surface area contributed by atoms with Crippen molar-refractivity contribution in [2.24, 2.45) is 0 Å². The number of nitrogens with zero attached hydrogens (tertiary/aromatic N) is 3. The number of benzene rings is 1. The van der Waals surface area contributed by atoms with Gasteiger partial charge in [0.25, 0.3) is 0 Å². The van der Waals surface area contributed by atoms with Gasteiger partial charge in [0.2, 0.25) is 0 Å². The summed E-state index contributed by atoms with van der Waals surface area (Å²) in [4.78, 5) is 17.2. The van der Waals surface area contributed by atoms with E-state index in [9.17, 15) is 13.6 Å². The fraction of sp³-hybridized carbons (Fsp3) is 0.286. The van der Waals surface area contributed by atoms with Crippen LogP contribution in [0.3, 0.4) is 0 Å². The molecule has 1 aromatic carbocycles. The molecule has 0 spiro atoms. The molecule has 2 aromatic heterocycles. The van der Waals surface area contributed by atoms with Crippen LogP contribution in [0.5, 0.6) is 0 Å². The Balaban J connectivity index is 1.91. The zero-order valence-electron chi connectivity index (χ0n) is 12.6. The number of amides is 1. The summed E-state index contributed by atoms with van der Waals surface area (Å²) in [6.07, 6.45) is 0.145. The summed E-state index contributed by atoms with van der Waals surface area (Å²) in [5.41, 5.74) is -0.0300. The fourth-order valence-electron chi connectivity index (χ4n) is 2.13. The number of alkyl halides is 1. The van der Waals surface area contributed by atoms with Gasteiger partial charge in [-0.3, -0.25) is 0 Å². The van der Waals surface area contributed by atoms with Crippen molar-refractivity contribution >= 4 is 29.7 Å². The molecule has 0 fully saturated rings. The van der Waals surface area contributed by atoms with Crippen molar-refractivity contribution in [3.05, 3.63) is 36.0 Å². The molecule has 0 saturated carbocycles. The average Bonchev–Trinajstić information content (AvgIpc) is 3.24. The maximum absolute atomic E-state index is 14.7. The van der Waals surface area contributed by atoms with Crippen molar-refractivity contribution in [1.29, 1.82) is 0 Å². The summed E-state index contributed by atoms with van der Waals surface area (Å²) in [6.45, 7) is 3.14. The van der Waals surface area contributed by atoms with E-state index in [1.165, 1.54) is 13.0 Å². The number of anilines is 1. The number of ether oxygens (including phenoxy) is 1. The quantitative estimate of drug-likeness (QED) is 0.643. The van der Waals surface area contributed by atoms with Gasteiger partial charge in [-0.25, -0.2) is 0 Å². The molecule has 0 bridgehead atoms. The molecule has 0 N–H and O–H groups in total. The van der Waals surface area contributed by atoms with Crippen LogP contribution in [0.2, 0.25) is 0 Å². The van der Waals surface area contributed by atoms with Gasteiger partial charge in [-0.2, -0.15) is 0 Å². The second kappa shape index (κ2) is 6.87. The van der Waals surface area contributed by atoms with Crippen molar-refractivity contribution in [1.82, 2.24) is 10.1 Å². The van der Waals surface area contributed by atoms with Crippen molar-refractivity contribution in [3.8, 4) is 0 Å². The monoisotopic (exact) mass is 335 g/mol. The zero-order valence-corrected chi connectivity index (χ0v) is 12.6. The Labute approximate surface area is 135 Å². The van der Waals surface area contributed by atoms with Gasteiger partial charge in [-0.15, -0.1) is 0 Å². The second-order valence-corrected chi connectivity index (χ2v) is 4.80. The summed E-state index contributed by atoms with van der Waals surface area (Å²) in [6, 6.07) is 2.12. The first-order chi connectivity index (χ1) is 11.6. The van der Waals surface area contributed by atoms with Crippen LogP contribution >= 0.6 is 0 Å². The third kappa shape index (κ3) is 3.05. The average molecular weight is 335 g/mol. The Kier molecular flexibility index (Phi) is 4.65. The molecule has 0 saturated heterocycles. The van der Waals surface area contributed by atoms with E-state index in [-0.39, 0.29) is 23.6 Å². The van der Waals surface area contributed by atoms with E-state index in [0.717, 1.165) is 23.4 Å². The SMILES string of the molecule is CCOCN(C(=O)C(F)c1cc2ncoc2cc1F)c1bcno1. The number of aromatic nitrogens is 2. The molecule has 2 heterocycles. The topological polar surface area (TPSA) is 81.6 Å². The molecular weight excluding hydrogens is 323 g/mol. The van der Waals surface area contributed by atoms with Gasteiger partial charge in [-0.05, 0) is 0 Å². The number of oxazole rings is 1. The number of rotatable bonds is 6. The van der Waals surface area contributed by atoms with Crippen LogP contribution in [0, 0.1) is 5.82 Å². The van der Waals surface area contributed by atoms with Crippen LogP contribution in [0.1, 0.15) is 18.7 Å². The fourth-order valence-corrected chi connectivity index (χ4v) is 2.13. The predicted octanol–water partition coefficient (Wildman–Crippen LogP) is 2.33. The summed E-state index contributed by atoms with van der Waals surface area (Å²) in [5.74, 6) is -1.95. The third-order valence-electron chi connectivity index (χ3n) is 3.32.